The number of fused-ring (bicyclic) bond motifs is 1. The van der Waals surface area contributed by atoms with E-state index in [9.17, 15) is 4.79 Å². The summed E-state index contributed by atoms with van der Waals surface area (Å²) >= 11 is 0. The second-order valence-electron chi connectivity index (χ2n) is 3.62. The van der Waals surface area contributed by atoms with Crippen LogP contribution in [-0.4, -0.2) is 11.1 Å². The molecule has 0 atom stereocenters. The van der Waals surface area contributed by atoms with Crippen molar-refractivity contribution in [3.8, 4) is 0 Å². The molecule has 3 nitrogen and oxygen atoms in total. The van der Waals surface area contributed by atoms with Crippen molar-refractivity contribution in [2.75, 3.05) is 6.54 Å². The van der Waals surface area contributed by atoms with Crippen molar-refractivity contribution in [1.82, 2.24) is 4.57 Å². The van der Waals surface area contributed by atoms with Gasteiger partial charge in [-0.1, -0.05) is 18.2 Å². The topological polar surface area (TPSA) is 48.0 Å². The summed E-state index contributed by atoms with van der Waals surface area (Å²) in [7, 11) is 1.79. The van der Waals surface area contributed by atoms with Gasteiger partial charge in [-0.25, -0.2) is 0 Å². The third-order valence-corrected chi connectivity index (χ3v) is 2.65. The van der Waals surface area contributed by atoms with Gasteiger partial charge in [0.25, 0.3) is 5.56 Å². The highest BCUT2D eigenvalue weighted by molar-refractivity contribution is 5.82. The van der Waals surface area contributed by atoms with Crippen LogP contribution in [-0.2, 0) is 13.5 Å². The fourth-order valence-electron chi connectivity index (χ4n) is 1.84. The molecule has 0 amide bonds. The van der Waals surface area contributed by atoms with Crippen molar-refractivity contribution in [1.29, 1.82) is 0 Å². The minimum Gasteiger partial charge on any atom is -0.330 e. The Bertz CT molecular complexity index is 543. The summed E-state index contributed by atoms with van der Waals surface area (Å²) in [5.41, 5.74) is 7.56. The number of rotatable bonds is 2. The standard InChI is InChI=1S/C12H14N2O/c1-14-11-5-3-2-4-10(11)9(6-7-13)8-12(14)15/h2-5,8H,6-7,13H2,1H3. The summed E-state index contributed by atoms with van der Waals surface area (Å²) in [6, 6.07) is 9.58. The molecule has 15 heavy (non-hydrogen) atoms. The minimum atomic E-state index is 0.0251. The number of aryl methyl sites for hydroxylation is 1. The van der Waals surface area contributed by atoms with Gasteiger partial charge in [0.15, 0.2) is 0 Å². The summed E-state index contributed by atoms with van der Waals surface area (Å²) in [5, 5.41) is 1.12. The van der Waals surface area contributed by atoms with Gasteiger partial charge in [0, 0.05) is 18.5 Å². The number of para-hydroxylation sites is 1. The van der Waals surface area contributed by atoms with E-state index < -0.39 is 0 Å². The van der Waals surface area contributed by atoms with Crippen LogP contribution < -0.4 is 11.3 Å². The summed E-state index contributed by atoms with van der Waals surface area (Å²) in [6.45, 7) is 0.567. The Hall–Kier alpha value is -1.61. The highest BCUT2D eigenvalue weighted by Gasteiger charge is 2.04. The van der Waals surface area contributed by atoms with E-state index in [4.69, 9.17) is 5.73 Å². The highest BCUT2D eigenvalue weighted by atomic mass is 16.1. The van der Waals surface area contributed by atoms with Gasteiger partial charge in [0.05, 0.1) is 5.52 Å². The Kier molecular flexibility index (Phi) is 2.56. The van der Waals surface area contributed by atoms with Gasteiger partial charge >= 0.3 is 0 Å². The molecule has 0 radical (unpaired) electrons. The lowest BCUT2D eigenvalue weighted by molar-refractivity contribution is 0.889. The fourth-order valence-corrected chi connectivity index (χ4v) is 1.84. The van der Waals surface area contributed by atoms with Crippen molar-refractivity contribution in [3.05, 3.63) is 46.2 Å². The average Bonchev–Trinajstić information content (AvgIpc) is 2.26. The first kappa shape index (κ1) is 9.93. The molecule has 0 saturated carbocycles. The maximum absolute atomic E-state index is 11.7. The number of aromatic nitrogens is 1. The average molecular weight is 202 g/mol. The van der Waals surface area contributed by atoms with Crippen LogP contribution in [0, 0.1) is 0 Å². The zero-order chi connectivity index (χ0) is 10.8. The minimum absolute atomic E-state index is 0.0251. The van der Waals surface area contributed by atoms with E-state index >= 15 is 0 Å². The predicted molar refractivity (Wildman–Crippen MR) is 61.9 cm³/mol. The van der Waals surface area contributed by atoms with E-state index in [1.807, 2.05) is 24.3 Å². The Morgan fingerprint density at radius 2 is 2.07 bits per heavy atom. The molecule has 0 unspecified atom stereocenters. The number of benzene rings is 1. The maximum atomic E-state index is 11.7. The molecule has 0 aliphatic rings. The number of pyridine rings is 1. The van der Waals surface area contributed by atoms with E-state index in [2.05, 4.69) is 0 Å². The van der Waals surface area contributed by atoms with Crippen molar-refractivity contribution in [2.45, 2.75) is 6.42 Å². The van der Waals surface area contributed by atoms with Gasteiger partial charge in [-0.15, -0.1) is 0 Å². The lowest BCUT2D eigenvalue weighted by Crippen LogP contribution is -2.18. The zero-order valence-corrected chi connectivity index (χ0v) is 8.73. The molecule has 0 saturated heterocycles. The summed E-state index contributed by atoms with van der Waals surface area (Å²) in [6.07, 6.45) is 0.747. The lowest BCUT2D eigenvalue weighted by Gasteiger charge is -2.08. The summed E-state index contributed by atoms with van der Waals surface area (Å²) in [5.74, 6) is 0. The Morgan fingerprint density at radius 1 is 1.33 bits per heavy atom. The molecule has 0 fully saturated rings. The molecular weight excluding hydrogens is 188 g/mol. The quantitative estimate of drug-likeness (QED) is 0.791. The van der Waals surface area contributed by atoms with Gasteiger partial charge in [0.2, 0.25) is 0 Å². The van der Waals surface area contributed by atoms with Gasteiger partial charge in [0.1, 0.15) is 0 Å². The van der Waals surface area contributed by atoms with Crippen LogP contribution >= 0.6 is 0 Å². The molecule has 1 aromatic heterocycles. The number of nitrogens with two attached hydrogens (primary N) is 1. The SMILES string of the molecule is Cn1c(=O)cc(CCN)c2ccccc21. The van der Waals surface area contributed by atoms with E-state index in [0.29, 0.717) is 6.54 Å². The maximum Gasteiger partial charge on any atom is 0.251 e. The zero-order valence-electron chi connectivity index (χ0n) is 8.73. The highest BCUT2D eigenvalue weighted by Crippen LogP contribution is 2.15. The Balaban J connectivity index is 2.82. The first-order chi connectivity index (χ1) is 7.24. The van der Waals surface area contributed by atoms with Crippen molar-refractivity contribution in [2.24, 2.45) is 12.8 Å². The molecule has 0 aliphatic carbocycles. The second-order valence-corrected chi connectivity index (χ2v) is 3.62. The van der Waals surface area contributed by atoms with E-state index in [1.165, 1.54) is 0 Å². The molecule has 2 aromatic rings. The van der Waals surface area contributed by atoms with Crippen LogP contribution in [0.5, 0.6) is 0 Å². The van der Waals surface area contributed by atoms with E-state index in [1.54, 1.807) is 17.7 Å². The molecule has 2 N–H and O–H groups in total. The van der Waals surface area contributed by atoms with Gasteiger partial charge < -0.3 is 10.3 Å². The molecule has 2 rings (SSSR count). The van der Waals surface area contributed by atoms with Crippen molar-refractivity contribution in [3.63, 3.8) is 0 Å². The molecule has 3 heteroatoms. The molecule has 0 bridgehead atoms. The van der Waals surface area contributed by atoms with Crippen molar-refractivity contribution >= 4 is 10.9 Å². The van der Waals surface area contributed by atoms with Crippen molar-refractivity contribution < 1.29 is 0 Å². The lowest BCUT2D eigenvalue weighted by atomic mass is 10.1. The normalized spacial score (nSPS) is 10.8. The molecule has 1 heterocycles. The number of nitrogens with zero attached hydrogens (tertiary/aromatic N) is 1. The first-order valence-corrected chi connectivity index (χ1v) is 5.02. The Morgan fingerprint density at radius 3 is 2.80 bits per heavy atom. The molecular formula is C12H14N2O. The number of hydrogen-bond acceptors (Lipinski definition) is 2. The van der Waals surface area contributed by atoms with Crippen LogP contribution in [0.4, 0.5) is 0 Å². The number of hydrogen-bond donors (Lipinski definition) is 1. The third-order valence-electron chi connectivity index (χ3n) is 2.65. The summed E-state index contributed by atoms with van der Waals surface area (Å²) < 4.78 is 1.66. The second kappa shape index (κ2) is 3.87. The van der Waals surface area contributed by atoms with Gasteiger partial charge in [-0.05, 0) is 24.6 Å². The van der Waals surface area contributed by atoms with E-state index in [0.717, 1.165) is 22.9 Å². The smallest absolute Gasteiger partial charge is 0.251 e. The van der Waals surface area contributed by atoms with Crippen LogP contribution in [0.15, 0.2) is 35.1 Å². The van der Waals surface area contributed by atoms with E-state index in [-0.39, 0.29) is 5.56 Å². The molecule has 0 spiro atoms. The molecule has 0 aliphatic heterocycles. The third kappa shape index (κ3) is 1.66. The van der Waals surface area contributed by atoms with Crippen LogP contribution in [0.25, 0.3) is 10.9 Å². The van der Waals surface area contributed by atoms with Crippen LogP contribution in [0.3, 0.4) is 0 Å². The largest absolute Gasteiger partial charge is 0.330 e. The summed E-state index contributed by atoms with van der Waals surface area (Å²) in [4.78, 5) is 11.7. The van der Waals surface area contributed by atoms with Gasteiger partial charge in [-0.3, -0.25) is 4.79 Å². The predicted octanol–water partition coefficient (Wildman–Crippen LogP) is 1.04. The first-order valence-electron chi connectivity index (χ1n) is 5.02. The molecule has 1 aromatic carbocycles. The Labute approximate surface area is 88.1 Å². The fraction of sp³-hybridized carbons (Fsp3) is 0.250. The van der Waals surface area contributed by atoms with Crippen LogP contribution in [0.1, 0.15) is 5.56 Å². The monoisotopic (exact) mass is 202 g/mol. The van der Waals surface area contributed by atoms with Gasteiger partial charge in [-0.2, -0.15) is 0 Å². The molecule has 78 valence electrons. The van der Waals surface area contributed by atoms with Crippen LogP contribution in [0.2, 0.25) is 0 Å².